The van der Waals surface area contributed by atoms with Crippen molar-refractivity contribution in [3.8, 4) is 17.0 Å². The molecule has 0 radical (unpaired) electrons. The van der Waals surface area contributed by atoms with Crippen LogP contribution in [0.4, 0.5) is 4.79 Å². The Bertz CT molecular complexity index is 720. The van der Waals surface area contributed by atoms with Gasteiger partial charge in [-0.1, -0.05) is 19.1 Å². The Kier molecular flexibility index (Phi) is 5.38. The SMILES string of the molecule is CCN1CCC(N(C)C(=O)n2cnc(-c3cccc(OC)c3)c2)CC1. The van der Waals surface area contributed by atoms with E-state index in [1.54, 1.807) is 24.2 Å². The molecule has 1 aromatic heterocycles. The van der Waals surface area contributed by atoms with E-state index in [4.69, 9.17) is 4.74 Å². The van der Waals surface area contributed by atoms with Crippen molar-refractivity contribution in [2.75, 3.05) is 33.8 Å². The molecule has 1 aromatic carbocycles. The summed E-state index contributed by atoms with van der Waals surface area (Å²) in [5.41, 5.74) is 1.70. The van der Waals surface area contributed by atoms with Crippen LogP contribution in [0.2, 0.25) is 0 Å². The van der Waals surface area contributed by atoms with Crippen LogP contribution in [0.1, 0.15) is 19.8 Å². The fourth-order valence-electron chi connectivity index (χ4n) is 3.32. The van der Waals surface area contributed by atoms with Gasteiger partial charge in [0.05, 0.1) is 12.8 Å². The van der Waals surface area contributed by atoms with E-state index in [0.29, 0.717) is 0 Å². The van der Waals surface area contributed by atoms with Crippen molar-refractivity contribution in [1.29, 1.82) is 0 Å². The Labute approximate surface area is 149 Å². The van der Waals surface area contributed by atoms with E-state index in [2.05, 4.69) is 16.8 Å². The number of imidazole rings is 1. The number of aromatic nitrogens is 2. The maximum Gasteiger partial charge on any atom is 0.329 e. The largest absolute Gasteiger partial charge is 0.497 e. The van der Waals surface area contributed by atoms with Crippen molar-refractivity contribution in [1.82, 2.24) is 19.4 Å². The summed E-state index contributed by atoms with van der Waals surface area (Å²) in [4.78, 5) is 21.4. The summed E-state index contributed by atoms with van der Waals surface area (Å²) in [7, 11) is 3.53. The van der Waals surface area contributed by atoms with Crippen molar-refractivity contribution in [2.45, 2.75) is 25.8 Å². The van der Waals surface area contributed by atoms with Crippen LogP contribution in [-0.2, 0) is 0 Å². The second kappa shape index (κ2) is 7.70. The van der Waals surface area contributed by atoms with Crippen LogP contribution >= 0.6 is 0 Å². The number of piperidine rings is 1. The third-order valence-electron chi connectivity index (χ3n) is 5.02. The van der Waals surface area contributed by atoms with Gasteiger partial charge in [-0.3, -0.25) is 4.57 Å². The fraction of sp³-hybridized carbons (Fsp3) is 0.474. The monoisotopic (exact) mass is 342 g/mol. The minimum absolute atomic E-state index is 0.0309. The highest BCUT2D eigenvalue weighted by atomic mass is 16.5. The number of likely N-dealkylation sites (tertiary alicyclic amines) is 1. The van der Waals surface area contributed by atoms with Crippen molar-refractivity contribution in [2.24, 2.45) is 0 Å². The smallest absolute Gasteiger partial charge is 0.329 e. The van der Waals surface area contributed by atoms with Crippen LogP contribution in [-0.4, -0.2) is 65.2 Å². The second-order valence-corrected chi connectivity index (χ2v) is 6.46. The molecule has 0 atom stereocenters. The predicted octanol–water partition coefficient (Wildman–Crippen LogP) is 2.94. The van der Waals surface area contributed by atoms with E-state index in [1.807, 2.05) is 36.2 Å². The normalized spacial score (nSPS) is 16.0. The molecule has 0 N–H and O–H groups in total. The molecular formula is C19H26N4O2. The van der Waals surface area contributed by atoms with Gasteiger partial charge in [-0.25, -0.2) is 9.78 Å². The average molecular weight is 342 g/mol. The van der Waals surface area contributed by atoms with E-state index in [0.717, 1.165) is 49.5 Å². The third kappa shape index (κ3) is 3.85. The molecule has 1 aliphatic heterocycles. The zero-order valence-electron chi connectivity index (χ0n) is 15.2. The molecule has 25 heavy (non-hydrogen) atoms. The Morgan fingerprint density at radius 3 is 2.80 bits per heavy atom. The Balaban J connectivity index is 1.70. The zero-order valence-corrected chi connectivity index (χ0v) is 15.2. The van der Waals surface area contributed by atoms with Gasteiger partial charge in [-0.15, -0.1) is 0 Å². The lowest BCUT2D eigenvalue weighted by atomic mass is 10.0. The maximum atomic E-state index is 12.8. The number of benzene rings is 1. The summed E-state index contributed by atoms with van der Waals surface area (Å²) in [6.45, 7) is 5.37. The van der Waals surface area contributed by atoms with E-state index < -0.39 is 0 Å². The predicted molar refractivity (Wildman–Crippen MR) is 97.9 cm³/mol. The highest BCUT2D eigenvalue weighted by Gasteiger charge is 2.25. The number of hydrogen-bond acceptors (Lipinski definition) is 4. The Morgan fingerprint density at radius 1 is 1.36 bits per heavy atom. The minimum atomic E-state index is -0.0309. The van der Waals surface area contributed by atoms with Crippen molar-refractivity contribution >= 4 is 6.03 Å². The van der Waals surface area contributed by atoms with Gasteiger partial charge >= 0.3 is 6.03 Å². The maximum absolute atomic E-state index is 12.8. The number of carbonyl (C=O) groups is 1. The molecule has 134 valence electrons. The molecule has 1 amide bonds. The van der Waals surface area contributed by atoms with E-state index >= 15 is 0 Å². The topological polar surface area (TPSA) is 50.6 Å². The number of amides is 1. The quantitative estimate of drug-likeness (QED) is 0.857. The molecule has 6 heteroatoms. The molecule has 0 unspecified atom stereocenters. The first-order valence-corrected chi connectivity index (χ1v) is 8.80. The lowest BCUT2D eigenvalue weighted by molar-refractivity contribution is 0.139. The summed E-state index contributed by atoms with van der Waals surface area (Å²) in [6.07, 6.45) is 5.42. The van der Waals surface area contributed by atoms with Crippen molar-refractivity contribution < 1.29 is 9.53 Å². The van der Waals surface area contributed by atoms with Gasteiger partial charge in [0.15, 0.2) is 0 Å². The van der Waals surface area contributed by atoms with Crippen LogP contribution in [0.15, 0.2) is 36.8 Å². The number of carbonyl (C=O) groups excluding carboxylic acids is 1. The highest BCUT2D eigenvalue weighted by molar-refractivity contribution is 5.78. The number of rotatable bonds is 4. The average Bonchev–Trinajstić information content (AvgIpc) is 3.17. The minimum Gasteiger partial charge on any atom is -0.497 e. The number of nitrogens with zero attached hydrogens (tertiary/aromatic N) is 4. The third-order valence-corrected chi connectivity index (χ3v) is 5.02. The molecule has 0 spiro atoms. The molecule has 1 fully saturated rings. The first-order chi connectivity index (χ1) is 12.1. The standard InChI is InChI=1S/C19H26N4O2/c1-4-22-10-8-16(9-11-22)21(2)19(24)23-13-18(20-14-23)15-6-5-7-17(12-15)25-3/h5-7,12-14,16H,4,8-11H2,1-3H3. The zero-order chi connectivity index (χ0) is 17.8. The number of ether oxygens (including phenoxy) is 1. The lowest BCUT2D eigenvalue weighted by Crippen LogP contribution is -2.46. The molecule has 0 aliphatic carbocycles. The van der Waals surface area contributed by atoms with Gasteiger partial charge in [0, 0.05) is 37.9 Å². The van der Waals surface area contributed by atoms with Gasteiger partial charge in [-0.05, 0) is 31.5 Å². The molecule has 1 aliphatic rings. The van der Waals surface area contributed by atoms with E-state index in [-0.39, 0.29) is 12.1 Å². The van der Waals surface area contributed by atoms with Gasteiger partial charge in [0.25, 0.3) is 0 Å². The lowest BCUT2D eigenvalue weighted by Gasteiger charge is -2.36. The molecule has 0 saturated carbocycles. The van der Waals surface area contributed by atoms with Crippen molar-refractivity contribution in [3.63, 3.8) is 0 Å². The van der Waals surface area contributed by atoms with Crippen LogP contribution < -0.4 is 4.74 Å². The Morgan fingerprint density at radius 2 is 2.12 bits per heavy atom. The summed E-state index contributed by atoms with van der Waals surface area (Å²) in [5, 5.41) is 0. The summed E-state index contributed by atoms with van der Waals surface area (Å²) in [5.74, 6) is 0.776. The molecule has 0 bridgehead atoms. The first kappa shape index (κ1) is 17.5. The number of hydrogen-bond donors (Lipinski definition) is 0. The molecule has 2 aromatic rings. The fourth-order valence-corrected chi connectivity index (χ4v) is 3.32. The summed E-state index contributed by atoms with van der Waals surface area (Å²) in [6, 6.07) is 7.95. The van der Waals surface area contributed by atoms with Gasteiger partial charge < -0.3 is 14.5 Å². The molecule has 2 heterocycles. The van der Waals surface area contributed by atoms with Gasteiger partial charge in [-0.2, -0.15) is 0 Å². The van der Waals surface area contributed by atoms with Crippen LogP contribution in [0.5, 0.6) is 5.75 Å². The van der Waals surface area contributed by atoms with E-state index in [9.17, 15) is 4.79 Å². The van der Waals surface area contributed by atoms with Crippen LogP contribution in [0, 0.1) is 0 Å². The first-order valence-electron chi connectivity index (χ1n) is 8.80. The number of methoxy groups -OCH3 is 1. The van der Waals surface area contributed by atoms with Gasteiger partial charge in [0.2, 0.25) is 0 Å². The summed E-state index contributed by atoms with van der Waals surface area (Å²) >= 11 is 0. The van der Waals surface area contributed by atoms with Crippen LogP contribution in [0.3, 0.4) is 0 Å². The van der Waals surface area contributed by atoms with Crippen LogP contribution in [0.25, 0.3) is 11.3 Å². The Hall–Kier alpha value is -2.34. The molecule has 1 saturated heterocycles. The van der Waals surface area contributed by atoms with E-state index in [1.165, 1.54) is 0 Å². The molecule has 6 nitrogen and oxygen atoms in total. The molecular weight excluding hydrogens is 316 g/mol. The van der Waals surface area contributed by atoms with Crippen molar-refractivity contribution in [3.05, 3.63) is 36.8 Å². The molecule has 3 rings (SSSR count). The summed E-state index contributed by atoms with van der Waals surface area (Å²) < 4.78 is 6.82. The van der Waals surface area contributed by atoms with Gasteiger partial charge in [0.1, 0.15) is 12.1 Å². The highest BCUT2D eigenvalue weighted by Crippen LogP contribution is 2.23. The second-order valence-electron chi connectivity index (χ2n) is 6.46.